The number of ether oxygens (including phenoxy) is 1. The summed E-state index contributed by atoms with van der Waals surface area (Å²) < 4.78 is 5.20. The van der Waals surface area contributed by atoms with Crippen LogP contribution in [0.3, 0.4) is 0 Å². The van der Waals surface area contributed by atoms with Crippen LogP contribution in [0, 0.1) is 17.8 Å². The molecule has 2 aromatic carbocycles. The molecule has 4 nitrogen and oxygen atoms in total. The predicted molar refractivity (Wildman–Crippen MR) is 143 cm³/mol. The minimum Gasteiger partial charge on any atom is -0.469 e. The molecule has 0 bridgehead atoms. The van der Waals surface area contributed by atoms with Gasteiger partial charge in [0.2, 0.25) is 0 Å². The summed E-state index contributed by atoms with van der Waals surface area (Å²) in [7, 11) is 1.48. The molecule has 0 radical (unpaired) electrons. The quantitative estimate of drug-likeness (QED) is 0.328. The van der Waals surface area contributed by atoms with Crippen molar-refractivity contribution < 1.29 is 14.6 Å². The molecule has 0 aromatic heterocycles. The fourth-order valence-corrected chi connectivity index (χ4v) is 5.69. The van der Waals surface area contributed by atoms with Crippen molar-refractivity contribution in [1.82, 2.24) is 4.90 Å². The van der Waals surface area contributed by atoms with Gasteiger partial charge in [-0.15, -0.1) is 0 Å². The lowest BCUT2D eigenvalue weighted by Gasteiger charge is -2.37. The second kappa shape index (κ2) is 14.4. The molecule has 0 spiro atoms. The fourth-order valence-electron chi connectivity index (χ4n) is 5.69. The Balaban J connectivity index is 1.82. The van der Waals surface area contributed by atoms with Crippen molar-refractivity contribution in [3.8, 4) is 0 Å². The second-order valence-electron chi connectivity index (χ2n) is 10.8. The fraction of sp³-hybridized carbons (Fsp3) is 0.581. The van der Waals surface area contributed by atoms with Crippen LogP contribution in [-0.4, -0.2) is 35.2 Å². The zero-order chi connectivity index (χ0) is 25.0. The highest BCUT2D eigenvalue weighted by Crippen LogP contribution is 2.33. The summed E-state index contributed by atoms with van der Waals surface area (Å²) in [5, 5.41) is 11.7. The number of carbonyl (C=O) groups is 1. The van der Waals surface area contributed by atoms with Gasteiger partial charge in [0.25, 0.3) is 0 Å². The SMILES string of the molecule is COC(=O)[C@@H](CC1CCCCC1)C[C@H](O)[C@H](CC(C)C)N(Cc1ccccc1)Cc1ccccc1. The van der Waals surface area contributed by atoms with Crippen molar-refractivity contribution in [3.05, 3.63) is 71.8 Å². The van der Waals surface area contributed by atoms with Crippen molar-refractivity contribution in [2.45, 2.75) is 90.4 Å². The lowest BCUT2D eigenvalue weighted by atomic mass is 9.80. The summed E-state index contributed by atoms with van der Waals surface area (Å²) in [6.45, 7) is 5.94. The lowest BCUT2D eigenvalue weighted by Crippen LogP contribution is -2.45. The van der Waals surface area contributed by atoms with E-state index in [9.17, 15) is 9.90 Å². The van der Waals surface area contributed by atoms with Gasteiger partial charge in [0, 0.05) is 19.1 Å². The van der Waals surface area contributed by atoms with E-state index in [0.29, 0.717) is 18.3 Å². The van der Waals surface area contributed by atoms with E-state index in [2.05, 4.69) is 67.3 Å². The summed E-state index contributed by atoms with van der Waals surface area (Å²) >= 11 is 0. The number of methoxy groups -OCH3 is 1. The number of hydrogen-bond acceptors (Lipinski definition) is 4. The van der Waals surface area contributed by atoms with Crippen molar-refractivity contribution >= 4 is 5.97 Å². The number of aliphatic hydroxyl groups excluding tert-OH is 1. The van der Waals surface area contributed by atoms with Crippen molar-refractivity contribution in [1.29, 1.82) is 0 Å². The number of carbonyl (C=O) groups excluding carboxylic acids is 1. The molecule has 1 aliphatic carbocycles. The normalized spacial score (nSPS) is 17.3. The predicted octanol–water partition coefficient (Wildman–Crippen LogP) is 6.61. The van der Waals surface area contributed by atoms with Gasteiger partial charge in [0.15, 0.2) is 0 Å². The molecule has 3 rings (SSSR count). The van der Waals surface area contributed by atoms with E-state index in [0.717, 1.165) is 25.9 Å². The van der Waals surface area contributed by atoms with Gasteiger partial charge in [0.1, 0.15) is 0 Å². The van der Waals surface area contributed by atoms with Crippen LogP contribution in [0.25, 0.3) is 0 Å². The first-order valence-corrected chi connectivity index (χ1v) is 13.5. The Labute approximate surface area is 212 Å². The molecule has 1 aliphatic rings. The molecule has 0 aliphatic heterocycles. The first-order chi connectivity index (χ1) is 17.0. The number of rotatable bonds is 13. The Kier molecular flexibility index (Phi) is 11.3. The van der Waals surface area contributed by atoms with Crippen molar-refractivity contribution in [2.75, 3.05) is 7.11 Å². The second-order valence-corrected chi connectivity index (χ2v) is 10.8. The van der Waals surface area contributed by atoms with Gasteiger partial charge in [-0.25, -0.2) is 0 Å². The standard InChI is InChI=1S/C31H45NO3/c1-24(2)19-29(30(33)21-28(31(34)35-3)20-25-13-7-4-8-14-25)32(22-26-15-9-5-10-16-26)23-27-17-11-6-12-18-27/h5-6,9-12,15-18,24-25,28-30,33H,4,7-8,13-14,19-23H2,1-3H3/t28-,29-,30-/m0/s1. The summed E-state index contributed by atoms with van der Waals surface area (Å²) in [6.07, 6.45) is 7.73. The number of esters is 1. The molecule has 192 valence electrons. The van der Waals surface area contributed by atoms with Crippen LogP contribution in [0.15, 0.2) is 60.7 Å². The Morgan fingerprint density at radius 2 is 1.46 bits per heavy atom. The highest BCUT2D eigenvalue weighted by atomic mass is 16.5. The van der Waals surface area contributed by atoms with Gasteiger partial charge in [0.05, 0.1) is 19.1 Å². The first-order valence-electron chi connectivity index (χ1n) is 13.5. The van der Waals surface area contributed by atoms with Crippen LogP contribution in [0.2, 0.25) is 0 Å². The Morgan fingerprint density at radius 3 is 1.94 bits per heavy atom. The van der Waals surface area contributed by atoms with E-state index < -0.39 is 6.10 Å². The van der Waals surface area contributed by atoms with E-state index in [1.54, 1.807) is 0 Å². The first kappa shape index (κ1) is 27.4. The number of benzene rings is 2. The monoisotopic (exact) mass is 479 g/mol. The molecule has 0 unspecified atom stereocenters. The van der Waals surface area contributed by atoms with Gasteiger partial charge < -0.3 is 9.84 Å². The number of aliphatic hydroxyl groups is 1. The summed E-state index contributed by atoms with van der Waals surface area (Å²) in [4.78, 5) is 15.2. The smallest absolute Gasteiger partial charge is 0.308 e. The zero-order valence-corrected chi connectivity index (χ0v) is 21.9. The molecule has 2 aromatic rings. The number of nitrogens with zero attached hydrogens (tertiary/aromatic N) is 1. The van der Waals surface area contributed by atoms with E-state index in [-0.39, 0.29) is 17.9 Å². The molecule has 1 saturated carbocycles. The lowest BCUT2D eigenvalue weighted by molar-refractivity contribution is -0.148. The van der Waals surface area contributed by atoms with E-state index in [1.807, 2.05) is 12.1 Å². The third-order valence-corrected chi connectivity index (χ3v) is 7.49. The van der Waals surface area contributed by atoms with Crippen LogP contribution in [0.5, 0.6) is 0 Å². The molecule has 1 fully saturated rings. The van der Waals surface area contributed by atoms with Crippen LogP contribution < -0.4 is 0 Å². The van der Waals surface area contributed by atoms with E-state index >= 15 is 0 Å². The zero-order valence-electron chi connectivity index (χ0n) is 21.9. The third-order valence-electron chi connectivity index (χ3n) is 7.49. The minimum absolute atomic E-state index is 0.0473. The summed E-state index contributed by atoms with van der Waals surface area (Å²) in [5.74, 6) is 0.575. The maximum atomic E-state index is 12.8. The van der Waals surface area contributed by atoms with Gasteiger partial charge in [-0.05, 0) is 42.2 Å². The third kappa shape index (κ3) is 9.09. The highest BCUT2D eigenvalue weighted by Gasteiger charge is 2.33. The molecule has 1 N–H and O–H groups in total. The average molecular weight is 480 g/mol. The maximum Gasteiger partial charge on any atom is 0.308 e. The van der Waals surface area contributed by atoms with Gasteiger partial charge in [-0.1, -0.05) is 107 Å². The average Bonchev–Trinajstić information content (AvgIpc) is 2.87. The Bertz CT molecular complexity index is 807. The molecule has 0 amide bonds. The van der Waals surface area contributed by atoms with Gasteiger partial charge in [-0.2, -0.15) is 0 Å². The summed E-state index contributed by atoms with van der Waals surface area (Å²) in [5.41, 5.74) is 2.47. The largest absolute Gasteiger partial charge is 0.469 e. The van der Waals surface area contributed by atoms with Crippen LogP contribution in [0.4, 0.5) is 0 Å². The van der Waals surface area contributed by atoms with Crippen LogP contribution >= 0.6 is 0 Å². The minimum atomic E-state index is -0.600. The molecule has 35 heavy (non-hydrogen) atoms. The molecular weight excluding hydrogens is 434 g/mol. The van der Waals surface area contributed by atoms with E-state index in [1.165, 1.54) is 50.3 Å². The Hall–Kier alpha value is -2.17. The number of hydrogen-bond donors (Lipinski definition) is 1. The van der Waals surface area contributed by atoms with Gasteiger partial charge in [-0.3, -0.25) is 9.69 Å². The van der Waals surface area contributed by atoms with Crippen molar-refractivity contribution in [2.24, 2.45) is 17.8 Å². The van der Waals surface area contributed by atoms with Crippen LogP contribution in [-0.2, 0) is 22.6 Å². The molecule has 3 atom stereocenters. The highest BCUT2D eigenvalue weighted by molar-refractivity contribution is 5.72. The maximum absolute atomic E-state index is 12.8. The summed E-state index contributed by atoms with van der Waals surface area (Å²) in [6, 6.07) is 20.9. The Morgan fingerprint density at radius 1 is 0.914 bits per heavy atom. The van der Waals surface area contributed by atoms with Crippen LogP contribution in [0.1, 0.15) is 76.3 Å². The van der Waals surface area contributed by atoms with Gasteiger partial charge >= 0.3 is 5.97 Å². The molecule has 0 saturated heterocycles. The van der Waals surface area contributed by atoms with Crippen molar-refractivity contribution in [3.63, 3.8) is 0 Å². The molecular formula is C31H45NO3. The molecule has 4 heteroatoms. The molecule has 0 heterocycles. The van der Waals surface area contributed by atoms with E-state index in [4.69, 9.17) is 4.74 Å². The topological polar surface area (TPSA) is 49.8 Å².